The predicted molar refractivity (Wildman–Crippen MR) is 91.2 cm³/mol. The van der Waals surface area contributed by atoms with Crippen molar-refractivity contribution >= 4 is 11.9 Å². The van der Waals surface area contributed by atoms with E-state index in [9.17, 15) is 22.8 Å². The molecule has 0 saturated heterocycles. The number of alkyl halides is 3. The zero-order valence-corrected chi connectivity index (χ0v) is 14.7. The molecule has 1 N–H and O–H groups in total. The van der Waals surface area contributed by atoms with E-state index >= 15 is 0 Å². The zero-order chi connectivity index (χ0) is 20.0. The molecule has 5 nitrogen and oxygen atoms in total. The first-order chi connectivity index (χ1) is 12.7. The quantitative estimate of drug-likeness (QED) is 0.777. The van der Waals surface area contributed by atoms with Crippen LogP contribution >= 0.6 is 0 Å². The fourth-order valence-electron chi connectivity index (χ4n) is 2.18. The van der Waals surface area contributed by atoms with E-state index in [1.807, 2.05) is 0 Å². The van der Waals surface area contributed by atoms with Crippen LogP contribution < -0.4 is 10.1 Å². The van der Waals surface area contributed by atoms with Crippen LogP contribution in [-0.4, -0.2) is 25.1 Å². The summed E-state index contributed by atoms with van der Waals surface area (Å²) < 4.78 is 48.1. The number of rotatable bonds is 6. The molecule has 1 atom stereocenters. The van der Waals surface area contributed by atoms with Crippen molar-refractivity contribution in [3.05, 3.63) is 65.2 Å². The Morgan fingerprint density at radius 3 is 2.37 bits per heavy atom. The first kappa shape index (κ1) is 20.3. The lowest BCUT2D eigenvalue weighted by molar-refractivity contribution is -0.137. The predicted octanol–water partition coefficient (Wildman–Crippen LogP) is 3.58. The molecule has 0 bridgehead atoms. The zero-order valence-electron chi connectivity index (χ0n) is 14.7. The van der Waals surface area contributed by atoms with E-state index < -0.39 is 29.7 Å². The van der Waals surface area contributed by atoms with Crippen LogP contribution in [0.25, 0.3) is 0 Å². The molecule has 0 aromatic heterocycles. The SMILES string of the molecule is COc1ccc(CNC(=O)[C@H](C)OC(=O)c2cccc(C(F)(F)F)c2)cc1. The summed E-state index contributed by atoms with van der Waals surface area (Å²) in [6, 6.07) is 10.8. The Morgan fingerprint density at radius 1 is 1.11 bits per heavy atom. The van der Waals surface area contributed by atoms with Gasteiger partial charge in [0.1, 0.15) is 5.75 Å². The Bertz CT molecular complexity index is 803. The number of halogens is 3. The Hall–Kier alpha value is -3.03. The van der Waals surface area contributed by atoms with Gasteiger partial charge in [-0.15, -0.1) is 0 Å². The first-order valence-corrected chi connectivity index (χ1v) is 7.99. The average Bonchev–Trinajstić information content (AvgIpc) is 2.65. The summed E-state index contributed by atoms with van der Waals surface area (Å²) in [5.74, 6) is -0.896. The molecule has 2 aromatic rings. The lowest BCUT2D eigenvalue weighted by Gasteiger charge is -2.14. The molecule has 0 saturated carbocycles. The van der Waals surface area contributed by atoms with E-state index in [1.165, 1.54) is 20.1 Å². The maximum absolute atomic E-state index is 12.7. The lowest BCUT2D eigenvalue weighted by Crippen LogP contribution is -2.35. The molecule has 1 amide bonds. The third-order valence-electron chi connectivity index (χ3n) is 3.70. The van der Waals surface area contributed by atoms with Gasteiger partial charge < -0.3 is 14.8 Å². The largest absolute Gasteiger partial charge is 0.497 e. The summed E-state index contributed by atoms with van der Waals surface area (Å²) in [5.41, 5.74) is -0.436. The number of hydrogen-bond acceptors (Lipinski definition) is 4. The van der Waals surface area contributed by atoms with Crippen molar-refractivity contribution in [2.45, 2.75) is 25.7 Å². The highest BCUT2D eigenvalue weighted by molar-refractivity contribution is 5.92. The van der Waals surface area contributed by atoms with Crippen molar-refractivity contribution in [2.24, 2.45) is 0 Å². The van der Waals surface area contributed by atoms with Crippen LogP contribution in [0.5, 0.6) is 5.75 Å². The summed E-state index contributed by atoms with van der Waals surface area (Å²) in [6.07, 6.45) is -5.73. The fourth-order valence-corrected chi connectivity index (χ4v) is 2.18. The van der Waals surface area contributed by atoms with E-state index in [1.54, 1.807) is 24.3 Å². The summed E-state index contributed by atoms with van der Waals surface area (Å²) in [7, 11) is 1.54. The number of carbonyl (C=O) groups excluding carboxylic acids is 2. The van der Waals surface area contributed by atoms with E-state index in [2.05, 4.69) is 5.32 Å². The molecule has 2 aromatic carbocycles. The third-order valence-corrected chi connectivity index (χ3v) is 3.70. The van der Waals surface area contributed by atoms with E-state index in [4.69, 9.17) is 9.47 Å². The first-order valence-electron chi connectivity index (χ1n) is 7.99. The molecular weight excluding hydrogens is 363 g/mol. The van der Waals surface area contributed by atoms with Gasteiger partial charge in [0.15, 0.2) is 6.10 Å². The summed E-state index contributed by atoms with van der Waals surface area (Å²) in [5, 5.41) is 2.59. The Kier molecular flexibility index (Phi) is 6.44. The molecule has 144 valence electrons. The molecule has 8 heteroatoms. The van der Waals surface area contributed by atoms with Crippen LogP contribution in [0, 0.1) is 0 Å². The minimum Gasteiger partial charge on any atom is -0.497 e. The molecule has 0 aliphatic rings. The highest BCUT2D eigenvalue weighted by atomic mass is 19.4. The van der Waals surface area contributed by atoms with Crippen LogP contribution in [0.4, 0.5) is 13.2 Å². The Balaban J connectivity index is 1.92. The average molecular weight is 381 g/mol. The second-order valence-electron chi connectivity index (χ2n) is 5.69. The van der Waals surface area contributed by atoms with Gasteiger partial charge in [-0.3, -0.25) is 4.79 Å². The van der Waals surface area contributed by atoms with Gasteiger partial charge in [-0.1, -0.05) is 18.2 Å². The van der Waals surface area contributed by atoms with Gasteiger partial charge in [0.05, 0.1) is 18.2 Å². The van der Waals surface area contributed by atoms with E-state index in [-0.39, 0.29) is 12.1 Å². The molecule has 2 rings (SSSR count). The monoisotopic (exact) mass is 381 g/mol. The number of esters is 1. The summed E-state index contributed by atoms with van der Waals surface area (Å²) in [4.78, 5) is 24.0. The molecule has 0 heterocycles. The number of methoxy groups -OCH3 is 1. The number of amides is 1. The maximum Gasteiger partial charge on any atom is 0.416 e. The maximum atomic E-state index is 12.7. The van der Waals surface area contributed by atoms with Crippen LogP contribution in [0.3, 0.4) is 0 Å². The van der Waals surface area contributed by atoms with Gasteiger partial charge in [-0.05, 0) is 42.8 Å². The normalized spacial score (nSPS) is 12.2. The minimum atomic E-state index is -4.57. The van der Waals surface area contributed by atoms with Gasteiger partial charge in [-0.25, -0.2) is 4.79 Å². The molecule has 0 radical (unpaired) electrons. The molecule has 0 unspecified atom stereocenters. The topological polar surface area (TPSA) is 64.6 Å². The molecule has 0 fully saturated rings. The molecule has 0 aliphatic heterocycles. The fraction of sp³-hybridized carbons (Fsp3) is 0.263. The highest BCUT2D eigenvalue weighted by Crippen LogP contribution is 2.29. The van der Waals surface area contributed by atoms with Crippen LogP contribution in [0.2, 0.25) is 0 Å². The lowest BCUT2D eigenvalue weighted by atomic mass is 10.1. The van der Waals surface area contributed by atoms with Gasteiger partial charge in [0, 0.05) is 6.54 Å². The van der Waals surface area contributed by atoms with Gasteiger partial charge in [0.2, 0.25) is 0 Å². The number of benzene rings is 2. The van der Waals surface area contributed by atoms with E-state index in [0.29, 0.717) is 11.8 Å². The van der Waals surface area contributed by atoms with Crippen molar-refractivity contribution < 1.29 is 32.2 Å². The standard InChI is InChI=1S/C19H18F3NO4/c1-12(17(24)23-11-13-6-8-16(26-2)9-7-13)27-18(25)14-4-3-5-15(10-14)19(20,21)22/h3-10,12H,11H2,1-2H3,(H,23,24)/t12-/m0/s1. The van der Waals surface area contributed by atoms with Crippen molar-refractivity contribution in [3.63, 3.8) is 0 Å². The van der Waals surface area contributed by atoms with Crippen molar-refractivity contribution in [1.29, 1.82) is 0 Å². The number of ether oxygens (including phenoxy) is 2. The van der Waals surface area contributed by atoms with Crippen LogP contribution in [-0.2, 0) is 22.3 Å². The van der Waals surface area contributed by atoms with Gasteiger partial charge in [-0.2, -0.15) is 13.2 Å². The number of carbonyl (C=O) groups is 2. The molecular formula is C19H18F3NO4. The van der Waals surface area contributed by atoms with E-state index in [0.717, 1.165) is 17.7 Å². The second kappa shape index (κ2) is 8.57. The third kappa shape index (κ3) is 5.73. The van der Waals surface area contributed by atoms with Gasteiger partial charge in [0.25, 0.3) is 5.91 Å². The summed E-state index contributed by atoms with van der Waals surface area (Å²) >= 11 is 0. The number of hydrogen-bond donors (Lipinski definition) is 1. The van der Waals surface area contributed by atoms with Crippen molar-refractivity contribution in [2.75, 3.05) is 7.11 Å². The molecule has 27 heavy (non-hydrogen) atoms. The Morgan fingerprint density at radius 2 is 1.78 bits per heavy atom. The van der Waals surface area contributed by atoms with Crippen LogP contribution in [0.1, 0.15) is 28.4 Å². The van der Waals surface area contributed by atoms with Gasteiger partial charge >= 0.3 is 12.1 Å². The number of nitrogens with one attached hydrogen (secondary N) is 1. The van der Waals surface area contributed by atoms with Crippen molar-refractivity contribution in [3.8, 4) is 5.75 Å². The van der Waals surface area contributed by atoms with Crippen LogP contribution in [0.15, 0.2) is 48.5 Å². The van der Waals surface area contributed by atoms with Crippen molar-refractivity contribution in [1.82, 2.24) is 5.32 Å². The second-order valence-corrected chi connectivity index (χ2v) is 5.69. The minimum absolute atomic E-state index is 0.203. The smallest absolute Gasteiger partial charge is 0.416 e. The summed E-state index contributed by atoms with van der Waals surface area (Å²) in [6.45, 7) is 1.54. The highest BCUT2D eigenvalue weighted by Gasteiger charge is 2.31. The molecule has 0 spiro atoms. The Labute approximate surface area is 154 Å². The molecule has 0 aliphatic carbocycles.